The summed E-state index contributed by atoms with van der Waals surface area (Å²) < 4.78 is 0. The van der Waals surface area contributed by atoms with Gasteiger partial charge in [-0.1, -0.05) is 29.8 Å². The predicted octanol–water partition coefficient (Wildman–Crippen LogP) is 3.89. The summed E-state index contributed by atoms with van der Waals surface area (Å²) in [4.78, 5) is 13.7. The number of aryl methyl sites for hydroxylation is 1. The second kappa shape index (κ2) is 6.50. The van der Waals surface area contributed by atoms with Crippen molar-refractivity contribution in [3.8, 4) is 0 Å². The molecule has 0 radical (unpaired) electrons. The lowest BCUT2D eigenvalue weighted by atomic mass is 10.2. The van der Waals surface area contributed by atoms with Crippen LogP contribution in [0.5, 0.6) is 0 Å². The maximum absolute atomic E-state index is 12.1. The molecule has 0 unspecified atom stereocenters. The largest absolute Gasteiger partial charge is 0.399 e. The first kappa shape index (κ1) is 15.2. The van der Waals surface area contributed by atoms with Crippen LogP contribution in [0.3, 0.4) is 0 Å². The number of hydrogen-bond donors (Lipinski definition) is 2. The third-order valence-electron chi connectivity index (χ3n) is 3.17. The van der Waals surface area contributed by atoms with Crippen LogP contribution in [0.1, 0.15) is 11.1 Å². The zero-order valence-electron chi connectivity index (χ0n) is 12.1. The van der Waals surface area contributed by atoms with Gasteiger partial charge in [-0.25, -0.2) is 4.79 Å². The Labute approximate surface area is 129 Å². The van der Waals surface area contributed by atoms with Gasteiger partial charge in [0.25, 0.3) is 0 Å². The van der Waals surface area contributed by atoms with Gasteiger partial charge < -0.3 is 16.0 Å². The zero-order valence-corrected chi connectivity index (χ0v) is 12.8. The van der Waals surface area contributed by atoms with Gasteiger partial charge >= 0.3 is 6.03 Å². The van der Waals surface area contributed by atoms with Crippen molar-refractivity contribution in [1.82, 2.24) is 4.90 Å². The zero-order chi connectivity index (χ0) is 15.4. The number of carbonyl (C=O) groups is 1. The molecule has 0 atom stereocenters. The summed E-state index contributed by atoms with van der Waals surface area (Å²) in [5.74, 6) is 0. The topological polar surface area (TPSA) is 58.4 Å². The molecule has 2 aromatic rings. The molecule has 0 saturated heterocycles. The maximum Gasteiger partial charge on any atom is 0.321 e. The molecule has 110 valence electrons. The average Bonchev–Trinajstić information content (AvgIpc) is 2.45. The van der Waals surface area contributed by atoms with E-state index >= 15 is 0 Å². The number of nitrogens with two attached hydrogens (primary N) is 1. The van der Waals surface area contributed by atoms with Gasteiger partial charge in [-0.15, -0.1) is 0 Å². The van der Waals surface area contributed by atoms with E-state index < -0.39 is 0 Å². The van der Waals surface area contributed by atoms with Gasteiger partial charge in [-0.2, -0.15) is 0 Å². The molecule has 2 amide bonds. The van der Waals surface area contributed by atoms with E-state index in [1.54, 1.807) is 18.0 Å². The van der Waals surface area contributed by atoms with Crippen molar-refractivity contribution in [3.05, 3.63) is 58.6 Å². The number of anilines is 2. The Kier molecular flexibility index (Phi) is 4.70. The Morgan fingerprint density at radius 2 is 1.90 bits per heavy atom. The number of hydrogen-bond acceptors (Lipinski definition) is 2. The minimum Gasteiger partial charge on any atom is -0.399 e. The predicted molar refractivity (Wildman–Crippen MR) is 87.5 cm³/mol. The van der Waals surface area contributed by atoms with Gasteiger partial charge in [0, 0.05) is 30.0 Å². The van der Waals surface area contributed by atoms with Crippen LogP contribution in [0.4, 0.5) is 16.2 Å². The molecule has 3 N–H and O–H groups in total. The number of rotatable bonds is 3. The van der Waals surface area contributed by atoms with Crippen LogP contribution >= 0.6 is 11.6 Å². The number of benzene rings is 2. The van der Waals surface area contributed by atoms with Gasteiger partial charge in [0.1, 0.15) is 0 Å². The fourth-order valence-electron chi connectivity index (χ4n) is 1.86. The normalized spacial score (nSPS) is 10.2. The fourth-order valence-corrected chi connectivity index (χ4v) is 2.04. The summed E-state index contributed by atoms with van der Waals surface area (Å²) in [6.45, 7) is 2.42. The summed E-state index contributed by atoms with van der Waals surface area (Å²) in [7, 11) is 1.74. The molecule has 4 nitrogen and oxygen atoms in total. The van der Waals surface area contributed by atoms with Crippen LogP contribution < -0.4 is 11.1 Å². The Morgan fingerprint density at radius 3 is 2.52 bits per heavy atom. The lowest BCUT2D eigenvalue weighted by Gasteiger charge is -2.18. The Balaban J connectivity index is 1.98. The van der Waals surface area contributed by atoms with E-state index in [0.29, 0.717) is 22.9 Å². The van der Waals surface area contributed by atoms with Gasteiger partial charge in [0.2, 0.25) is 0 Å². The lowest BCUT2D eigenvalue weighted by molar-refractivity contribution is 0.220. The van der Waals surface area contributed by atoms with E-state index in [-0.39, 0.29) is 6.03 Å². The van der Waals surface area contributed by atoms with Crippen molar-refractivity contribution in [2.75, 3.05) is 18.1 Å². The minimum absolute atomic E-state index is 0.188. The molecule has 0 fully saturated rings. The Morgan fingerprint density at radius 1 is 1.24 bits per heavy atom. The van der Waals surface area contributed by atoms with Crippen molar-refractivity contribution < 1.29 is 4.79 Å². The van der Waals surface area contributed by atoms with Crippen molar-refractivity contribution in [2.24, 2.45) is 0 Å². The highest BCUT2D eigenvalue weighted by molar-refractivity contribution is 6.31. The van der Waals surface area contributed by atoms with Crippen LogP contribution in [-0.4, -0.2) is 18.0 Å². The second-order valence-electron chi connectivity index (χ2n) is 4.99. The van der Waals surface area contributed by atoms with Crippen LogP contribution in [0, 0.1) is 6.92 Å². The summed E-state index contributed by atoms with van der Waals surface area (Å²) in [5.41, 5.74) is 9.02. The second-order valence-corrected chi connectivity index (χ2v) is 5.40. The quantitative estimate of drug-likeness (QED) is 0.845. The van der Waals surface area contributed by atoms with Gasteiger partial charge in [0.15, 0.2) is 0 Å². The lowest BCUT2D eigenvalue weighted by Crippen LogP contribution is -2.30. The monoisotopic (exact) mass is 303 g/mol. The van der Waals surface area contributed by atoms with E-state index in [1.165, 1.54) is 0 Å². The number of carbonyl (C=O) groups excluding carboxylic acids is 1. The molecule has 0 aliphatic rings. The van der Waals surface area contributed by atoms with E-state index in [2.05, 4.69) is 5.32 Å². The molecule has 0 saturated carbocycles. The number of nitrogens with zero attached hydrogens (tertiary/aromatic N) is 1. The summed E-state index contributed by atoms with van der Waals surface area (Å²) in [6.07, 6.45) is 0. The molecule has 0 bridgehead atoms. The molecule has 5 heteroatoms. The highest BCUT2D eigenvalue weighted by Crippen LogP contribution is 2.20. The number of urea groups is 1. The molecule has 0 aromatic heterocycles. The SMILES string of the molecule is Cc1ccc(NC(=O)N(C)Cc2ccc(N)cc2)cc1Cl. The van der Waals surface area contributed by atoms with Crippen LogP contribution in [0.15, 0.2) is 42.5 Å². The molecule has 0 spiro atoms. The van der Waals surface area contributed by atoms with E-state index in [1.807, 2.05) is 43.3 Å². The molecule has 0 heterocycles. The minimum atomic E-state index is -0.188. The molecular weight excluding hydrogens is 286 g/mol. The molecule has 0 aliphatic carbocycles. The summed E-state index contributed by atoms with van der Waals surface area (Å²) in [6, 6.07) is 12.7. The maximum atomic E-state index is 12.1. The van der Waals surface area contributed by atoms with Gasteiger partial charge in [-0.3, -0.25) is 0 Å². The van der Waals surface area contributed by atoms with E-state index in [4.69, 9.17) is 17.3 Å². The van der Waals surface area contributed by atoms with Crippen LogP contribution in [0.25, 0.3) is 0 Å². The van der Waals surface area contributed by atoms with E-state index in [9.17, 15) is 4.79 Å². The summed E-state index contributed by atoms with van der Waals surface area (Å²) in [5, 5.41) is 3.45. The average molecular weight is 304 g/mol. The van der Waals surface area contributed by atoms with Crippen molar-refractivity contribution in [1.29, 1.82) is 0 Å². The van der Waals surface area contributed by atoms with Crippen molar-refractivity contribution >= 4 is 29.0 Å². The van der Waals surface area contributed by atoms with Crippen LogP contribution in [-0.2, 0) is 6.54 Å². The first-order valence-electron chi connectivity index (χ1n) is 6.58. The molecule has 2 rings (SSSR count). The standard InChI is InChI=1S/C16H18ClN3O/c1-11-3-8-14(9-15(11)17)19-16(21)20(2)10-12-4-6-13(18)7-5-12/h3-9H,10,18H2,1-2H3,(H,19,21). The number of amides is 2. The van der Waals surface area contributed by atoms with Crippen LogP contribution in [0.2, 0.25) is 5.02 Å². The number of nitrogen functional groups attached to an aromatic ring is 1. The Bertz CT molecular complexity index is 640. The molecule has 21 heavy (non-hydrogen) atoms. The van der Waals surface area contributed by atoms with Gasteiger partial charge in [-0.05, 0) is 42.3 Å². The Hall–Kier alpha value is -2.20. The third kappa shape index (κ3) is 4.13. The fraction of sp³-hybridized carbons (Fsp3) is 0.188. The number of nitrogens with one attached hydrogen (secondary N) is 1. The van der Waals surface area contributed by atoms with Crippen molar-refractivity contribution in [2.45, 2.75) is 13.5 Å². The highest BCUT2D eigenvalue weighted by atomic mass is 35.5. The molecule has 2 aromatic carbocycles. The third-order valence-corrected chi connectivity index (χ3v) is 3.58. The molecule has 0 aliphatic heterocycles. The number of halogens is 1. The first-order valence-corrected chi connectivity index (χ1v) is 6.96. The molecular formula is C16H18ClN3O. The van der Waals surface area contributed by atoms with E-state index in [0.717, 1.165) is 11.1 Å². The van der Waals surface area contributed by atoms with Gasteiger partial charge in [0.05, 0.1) is 0 Å². The highest BCUT2D eigenvalue weighted by Gasteiger charge is 2.10. The smallest absolute Gasteiger partial charge is 0.321 e. The first-order chi connectivity index (χ1) is 9.95. The van der Waals surface area contributed by atoms with Crippen molar-refractivity contribution in [3.63, 3.8) is 0 Å². The summed E-state index contributed by atoms with van der Waals surface area (Å²) >= 11 is 6.04.